The normalized spacial score (nSPS) is 22.5. The number of fused-ring (bicyclic) bond motifs is 2. The first-order valence-electron chi connectivity index (χ1n) is 14.7. The van der Waals surface area contributed by atoms with Crippen LogP contribution in [-0.2, 0) is 16.4 Å². The van der Waals surface area contributed by atoms with Crippen molar-refractivity contribution in [3.8, 4) is 5.69 Å². The number of nitrogens with zero attached hydrogens (tertiary/aromatic N) is 4. The monoisotopic (exact) mass is 670 g/mol. The Labute approximate surface area is 267 Å². The maximum absolute atomic E-state index is 14.6. The number of benzene rings is 2. The lowest BCUT2D eigenvalue weighted by molar-refractivity contribution is -0.116. The van der Waals surface area contributed by atoms with Crippen LogP contribution in [0.15, 0.2) is 83.5 Å². The summed E-state index contributed by atoms with van der Waals surface area (Å²) in [6.07, 6.45) is 4.27. The Hall–Kier alpha value is -3.87. The molecular weight excluding hydrogens is 644 g/mol. The highest BCUT2D eigenvalue weighted by Gasteiger charge is 2.57. The van der Waals surface area contributed by atoms with Crippen molar-refractivity contribution in [1.29, 1.82) is 0 Å². The summed E-state index contributed by atoms with van der Waals surface area (Å²) < 4.78 is 86.9. The molecule has 2 aromatic heterocycles. The van der Waals surface area contributed by atoms with Crippen LogP contribution in [0.3, 0.4) is 0 Å². The summed E-state index contributed by atoms with van der Waals surface area (Å²) in [6.45, 7) is 0. The summed E-state index contributed by atoms with van der Waals surface area (Å²) >= 11 is 6.24. The van der Waals surface area contributed by atoms with E-state index >= 15 is 0 Å². The van der Waals surface area contributed by atoms with E-state index in [2.05, 4.69) is 10.1 Å². The van der Waals surface area contributed by atoms with E-state index < -0.39 is 57.9 Å². The number of rotatable bonds is 7. The fraction of sp³-hybridized carbons (Fsp3) is 0.303. The Balaban J connectivity index is 1.33. The van der Waals surface area contributed by atoms with Gasteiger partial charge in [0.15, 0.2) is 5.78 Å². The zero-order valence-corrected chi connectivity index (χ0v) is 25.8. The van der Waals surface area contributed by atoms with Gasteiger partial charge in [0.2, 0.25) is 10.0 Å². The zero-order valence-electron chi connectivity index (χ0n) is 24.2. The molecule has 238 valence electrons. The molecule has 0 spiro atoms. The first kappa shape index (κ1) is 30.8. The summed E-state index contributed by atoms with van der Waals surface area (Å²) in [6, 6.07) is 11.3. The van der Waals surface area contributed by atoms with Crippen LogP contribution in [0.25, 0.3) is 11.8 Å². The van der Waals surface area contributed by atoms with Gasteiger partial charge in [-0.2, -0.15) is 9.40 Å². The van der Waals surface area contributed by atoms with E-state index in [1.807, 2.05) is 6.08 Å². The Bertz CT molecular complexity index is 1970. The van der Waals surface area contributed by atoms with Gasteiger partial charge in [-0.05, 0) is 98.0 Å². The van der Waals surface area contributed by atoms with Gasteiger partial charge in [-0.15, -0.1) is 0 Å². The van der Waals surface area contributed by atoms with E-state index in [0.717, 1.165) is 34.1 Å². The van der Waals surface area contributed by atoms with Crippen molar-refractivity contribution in [2.24, 2.45) is 5.41 Å². The lowest BCUT2D eigenvalue weighted by Crippen LogP contribution is -2.59. The first-order chi connectivity index (χ1) is 21.9. The van der Waals surface area contributed by atoms with Crippen molar-refractivity contribution in [2.45, 2.75) is 61.4 Å². The lowest BCUT2D eigenvalue weighted by Gasteiger charge is -2.50. The van der Waals surface area contributed by atoms with Gasteiger partial charge in [0, 0.05) is 36.1 Å². The molecule has 7 nitrogen and oxygen atoms in total. The molecule has 2 aromatic carbocycles. The minimum Gasteiger partial charge on any atom is -0.291 e. The van der Waals surface area contributed by atoms with Crippen LogP contribution < -0.4 is 0 Å². The van der Waals surface area contributed by atoms with Crippen molar-refractivity contribution in [2.75, 3.05) is 0 Å². The van der Waals surface area contributed by atoms with Gasteiger partial charge in [-0.3, -0.25) is 9.78 Å². The Morgan fingerprint density at radius 1 is 0.957 bits per heavy atom. The predicted molar refractivity (Wildman–Crippen MR) is 162 cm³/mol. The fourth-order valence-corrected chi connectivity index (χ4v) is 9.09. The van der Waals surface area contributed by atoms with Gasteiger partial charge in [-0.25, -0.2) is 30.7 Å². The molecule has 0 saturated heterocycles. The number of hydrogen-bond donors (Lipinski definition) is 0. The van der Waals surface area contributed by atoms with Crippen molar-refractivity contribution in [1.82, 2.24) is 19.1 Å². The van der Waals surface area contributed by atoms with Gasteiger partial charge in [-0.1, -0.05) is 17.2 Å². The smallest absolute Gasteiger partial charge is 0.251 e. The van der Waals surface area contributed by atoms with Crippen molar-refractivity contribution >= 4 is 33.5 Å². The molecule has 0 bridgehead atoms. The minimum atomic E-state index is -4.37. The summed E-state index contributed by atoms with van der Waals surface area (Å²) in [5, 5.41) is 4.82. The van der Waals surface area contributed by atoms with E-state index in [0.29, 0.717) is 22.0 Å². The SMILES string of the molecule is O=C(c1cc(Cl)ccn1)[C@]12Cc3cnn(-c4ccc(F)cc4)c3C=C1CC[C@H](N(C1CC(F)(F)C1)S(=O)(=O)c1ccc(F)cc1)C2. The fourth-order valence-electron chi connectivity index (χ4n) is 7.09. The molecular formula is C33H27ClF4N4O3S. The van der Waals surface area contributed by atoms with Gasteiger partial charge in [0.25, 0.3) is 5.92 Å². The molecule has 2 heterocycles. The average Bonchev–Trinajstić information content (AvgIpc) is 3.41. The summed E-state index contributed by atoms with van der Waals surface area (Å²) in [5.74, 6) is -4.42. The number of halogens is 5. The van der Waals surface area contributed by atoms with E-state index in [1.54, 1.807) is 23.0 Å². The topological polar surface area (TPSA) is 85.2 Å². The summed E-state index contributed by atoms with van der Waals surface area (Å²) in [7, 11) is -4.37. The number of sulfonamides is 1. The summed E-state index contributed by atoms with van der Waals surface area (Å²) in [4.78, 5) is 18.6. The second-order valence-corrected chi connectivity index (χ2v) is 14.4. The lowest BCUT2D eigenvalue weighted by atomic mass is 9.60. The molecule has 0 aliphatic heterocycles. The third-order valence-corrected chi connectivity index (χ3v) is 11.5. The quantitative estimate of drug-likeness (QED) is 0.155. The van der Waals surface area contributed by atoms with Crippen molar-refractivity contribution in [3.05, 3.63) is 112 Å². The molecule has 0 amide bonds. The summed E-state index contributed by atoms with van der Waals surface area (Å²) in [5.41, 5.74) is 1.56. The number of allylic oxidation sites excluding steroid dienone is 1. The molecule has 3 aliphatic rings. The molecule has 2 fully saturated rings. The van der Waals surface area contributed by atoms with Crippen LogP contribution in [0.1, 0.15) is 53.8 Å². The highest BCUT2D eigenvalue weighted by atomic mass is 35.5. The Morgan fingerprint density at radius 2 is 1.63 bits per heavy atom. The first-order valence-corrected chi connectivity index (χ1v) is 16.6. The number of alkyl halides is 2. The van der Waals surface area contributed by atoms with Crippen LogP contribution in [0, 0.1) is 17.0 Å². The molecule has 0 unspecified atom stereocenters. The van der Waals surface area contributed by atoms with Crippen molar-refractivity contribution < 1.29 is 30.8 Å². The Kier molecular flexibility index (Phi) is 7.45. The number of carbonyl (C=O) groups is 1. The standard InChI is InChI=1S/C33H27ClF4N4O3S/c34-22-11-12-39-29(14-22)31(43)32-15-20-19-40-41(25-7-2-23(35)3-8-25)30(20)13-21(32)1-6-26(16-32)42(27-17-33(37,38)18-27)46(44,45)28-9-4-24(36)5-10-28/h2-5,7-14,19,26-27H,1,6,15-18H2/t26-,32-/m0/s1. The third kappa shape index (κ3) is 5.26. The third-order valence-electron chi connectivity index (χ3n) is 9.27. The molecule has 7 rings (SSSR count). The van der Waals surface area contributed by atoms with Gasteiger partial charge in [0.1, 0.15) is 17.3 Å². The second-order valence-electron chi connectivity index (χ2n) is 12.2. The molecule has 46 heavy (non-hydrogen) atoms. The largest absolute Gasteiger partial charge is 0.291 e. The van der Waals surface area contributed by atoms with Crippen LogP contribution in [0.5, 0.6) is 0 Å². The van der Waals surface area contributed by atoms with Crippen LogP contribution in [-0.4, -0.2) is 51.3 Å². The highest BCUT2D eigenvalue weighted by Crippen LogP contribution is 2.53. The highest BCUT2D eigenvalue weighted by molar-refractivity contribution is 7.89. The van der Waals surface area contributed by atoms with E-state index in [-0.39, 0.29) is 42.1 Å². The van der Waals surface area contributed by atoms with Gasteiger partial charge < -0.3 is 0 Å². The molecule has 2 saturated carbocycles. The molecule has 2 atom stereocenters. The van der Waals surface area contributed by atoms with Gasteiger partial charge >= 0.3 is 0 Å². The second kappa shape index (κ2) is 11.1. The van der Waals surface area contributed by atoms with Crippen LogP contribution in [0.4, 0.5) is 17.6 Å². The predicted octanol–water partition coefficient (Wildman–Crippen LogP) is 7.05. The molecule has 3 aliphatic carbocycles. The maximum atomic E-state index is 14.6. The Morgan fingerprint density at radius 3 is 2.28 bits per heavy atom. The number of pyridine rings is 1. The maximum Gasteiger partial charge on any atom is 0.251 e. The van der Waals surface area contributed by atoms with E-state index in [1.165, 1.54) is 30.5 Å². The number of Topliss-reactive ketones (excluding diaryl/α,β-unsaturated/α-hetero) is 1. The molecule has 4 aromatic rings. The molecule has 13 heteroatoms. The number of aromatic nitrogens is 3. The van der Waals surface area contributed by atoms with Gasteiger partial charge in [0.05, 0.1) is 27.9 Å². The number of hydrogen-bond acceptors (Lipinski definition) is 5. The number of carbonyl (C=O) groups excluding carboxylic acids is 1. The van der Waals surface area contributed by atoms with Crippen LogP contribution >= 0.6 is 11.6 Å². The van der Waals surface area contributed by atoms with Crippen LogP contribution in [0.2, 0.25) is 5.02 Å². The average molecular weight is 671 g/mol. The van der Waals surface area contributed by atoms with E-state index in [9.17, 15) is 30.8 Å². The van der Waals surface area contributed by atoms with E-state index in [4.69, 9.17) is 11.6 Å². The van der Waals surface area contributed by atoms with Crippen molar-refractivity contribution in [3.63, 3.8) is 0 Å². The molecule has 0 N–H and O–H groups in total. The molecule has 0 radical (unpaired) electrons. The zero-order chi connectivity index (χ0) is 32.4. The minimum absolute atomic E-state index is 0.00444. The number of ketones is 1.